The van der Waals surface area contributed by atoms with Crippen LogP contribution in [0.25, 0.3) is 11.3 Å². The summed E-state index contributed by atoms with van der Waals surface area (Å²) in [5.41, 5.74) is 2.30. The molecule has 7 heteroatoms. The second-order valence-corrected chi connectivity index (χ2v) is 6.69. The number of carbonyl (C=O) groups excluding carboxylic acids is 1. The number of carbonyl (C=O) groups is 1. The predicted molar refractivity (Wildman–Crippen MR) is 112 cm³/mol. The SMILES string of the molecule is O=C(NCc1ccc(F)cc1)c1cccc(Oc2cc(-c3cccc(F)c3)ncn2)c1. The van der Waals surface area contributed by atoms with Gasteiger partial charge in [-0.2, -0.15) is 0 Å². The molecule has 4 rings (SSSR count). The zero-order chi connectivity index (χ0) is 21.6. The van der Waals surface area contributed by atoms with E-state index in [0.717, 1.165) is 5.56 Å². The molecular formula is C24H17F2N3O2. The number of nitrogens with zero attached hydrogens (tertiary/aromatic N) is 2. The molecular weight excluding hydrogens is 400 g/mol. The summed E-state index contributed by atoms with van der Waals surface area (Å²) < 4.78 is 32.2. The lowest BCUT2D eigenvalue weighted by molar-refractivity contribution is 0.0950. The van der Waals surface area contributed by atoms with Crippen LogP contribution in [0.2, 0.25) is 0 Å². The number of aromatic nitrogens is 2. The zero-order valence-electron chi connectivity index (χ0n) is 16.3. The molecule has 154 valence electrons. The summed E-state index contributed by atoms with van der Waals surface area (Å²) in [4.78, 5) is 20.7. The van der Waals surface area contributed by atoms with E-state index in [0.29, 0.717) is 22.6 Å². The van der Waals surface area contributed by atoms with Gasteiger partial charge in [-0.05, 0) is 48.0 Å². The Morgan fingerprint density at radius 3 is 2.48 bits per heavy atom. The van der Waals surface area contributed by atoms with Crippen molar-refractivity contribution in [3.05, 3.63) is 108 Å². The van der Waals surface area contributed by atoms with Crippen LogP contribution in [0.1, 0.15) is 15.9 Å². The summed E-state index contributed by atoms with van der Waals surface area (Å²) in [5.74, 6) is -0.308. The number of hydrogen-bond donors (Lipinski definition) is 1. The molecule has 1 aromatic heterocycles. The van der Waals surface area contributed by atoms with Crippen LogP contribution in [-0.4, -0.2) is 15.9 Å². The third-order valence-electron chi connectivity index (χ3n) is 4.45. The third kappa shape index (κ3) is 5.27. The summed E-state index contributed by atoms with van der Waals surface area (Å²) in [6.45, 7) is 0.271. The number of hydrogen-bond acceptors (Lipinski definition) is 4. The number of halogens is 2. The Kier molecular flexibility index (Phi) is 5.93. The largest absolute Gasteiger partial charge is 0.439 e. The molecule has 1 N–H and O–H groups in total. The van der Waals surface area contributed by atoms with Crippen LogP contribution < -0.4 is 10.1 Å². The fourth-order valence-corrected chi connectivity index (χ4v) is 2.91. The highest BCUT2D eigenvalue weighted by Gasteiger charge is 2.09. The Morgan fingerprint density at radius 1 is 0.871 bits per heavy atom. The van der Waals surface area contributed by atoms with Crippen molar-refractivity contribution in [2.75, 3.05) is 0 Å². The van der Waals surface area contributed by atoms with Gasteiger partial charge in [0.15, 0.2) is 0 Å². The van der Waals surface area contributed by atoms with Crippen molar-refractivity contribution in [3.63, 3.8) is 0 Å². The molecule has 0 saturated heterocycles. The van der Waals surface area contributed by atoms with Crippen molar-refractivity contribution in [3.8, 4) is 22.9 Å². The number of ether oxygens (including phenoxy) is 1. The van der Waals surface area contributed by atoms with E-state index in [9.17, 15) is 13.6 Å². The molecule has 1 amide bonds. The van der Waals surface area contributed by atoms with Crippen LogP contribution in [0.5, 0.6) is 11.6 Å². The van der Waals surface area contributed by atoms with E-state index in [-0.39, 0.29) is 30.0 Å². The summed E-state index contributed by atoms with van der Waals surface area (Å²) in [5, 5.41) is 2.78. The van der Waals surface area contributed by atoms with E-state index in [1.165, 1.54) is 30.6 Å². The van der Waals surface area contributed by atoms with Gasteiger partial charge in [-0.15, -0.1) is 0 Å². The Bertz CT molecular complexity index is 1210. The van der Waals surface area contributed by atoms with Crippen molar-refractivity contribution in [1.82, 2.24) is 15.3 Å². The lowest BCUT2D eigenvalue weighted by atomic mass is 10.1. The summed E-state index contributed by atoms with van der Waals surface area (Å²) in [6.07, 6.45) is 1.33. The van der Waals surface area contributed by atoms with E-state index in [4.69, 9.17) is 4.74 Å². The van der Waals surface area contributed by atoms with Gasteiger partial charge in [0.2, 0.25) is 5.88 Å². The normalized spacial score (nSPS) is 10.5. The Hall–Kier alpha value is -4.13. The van der Waals surface area contributed by atoms with Crippen LogP contribution in [0.3, 0.4) is 0 Å². The second-order valence-electron chi connectivity index (χ2n) is 6.69. The molecule has 0 radical (unpaired) electrons. The molecule has 0 aliphatic carbocycles. The maximum Gasteiger partial charge on any atom is 0.251 e. The number of amides is 1. The summed E-state index contributed by atoms with van der Waals surface area (Å²) in [6, 6.07) is 20.2. The third-order valence-corrected chi connectivity index (χ3v) is 4.45. The van der Waals surface area contributed by atoms with Crippen LogP contribution >= 0.6 is 0 Å². The molecule has 1 heterocycles. The van der Waals surface area contributed by atoms with Gasteiger partial charge < -0.3 is 10.1 Å². The van der Waals surface area contributed by atoms with E-state index in [1.807, 2.05) is 0 Å². The first-order valence-corrected chi connectivity index (χ1v) is 9.45. The van der Waals surface area contributed by atoms with Crippen molar-refractivity contribution >= 4 is 5.91 Å². The smallest absolute Gasteiger partial charge is 0.251 e. The molecule has 31 heavy (non-hydrogen) atoms. The monoisotopic (exact) mass is 417 g/mol. The Labute approximate surface area is 177 Å². The molecule has 0 bridgehead atoms. The van der Waals surface area contributed by atoms with Crippen LogP contribution in [0.4, 0.5) is 8.78 Å². The molecule has 4 aromatic rings. The maximum atomic E-state index is 13.5. The van der Waals surface area contributed by atoms with Gasteiger partial charge in [0.05, 0.1) is 5.69 Å². The van der Waals surface area contributed by atoms with Gasteiger partial charge >= 0.3 is 0 Å². The van der Waals surface area contributed by atoms with Crippen LogP contribution in [0, 0.1) is 11.6 Å². The summed E-state index contributed by atoms with van der Waals surface area (Å²) >= 11 is 0. The van der Waals surface area contributed by atoms with Crippen molar-refractivity contribution < 1.29 is 18.3 Å². The molecule has 0 spiro atoms. The van der Waals surface area contributed by atoms with Gasteiger partial charge in [0, 0.05) is 23.7 Å². The Morgan fingerprint density at radius 2 is 1.68 bits per heavy atom. The second kappa shape index (κ2) is 9.13. The fourth-order valence-electron chi connectivity index (χ4n) is 2.91. The van der Waals surface area contributed by atoms with E-state index in [2.05, 4.69) is 15.3 Å². The molecule has 5 nitrogen and oxygen atoms in total. The van der Waals surface area contributed by atoms with Gasteiger partial charge in [0.25, 0.3) is 5.91 Å². The van der Waals surface area contributed by atoms with Gasteiger partial charge in [-0.1, -0.05) is 30.3 Å². The molecule has 0 atom stereocenters. The summed E-state index contributed by atoms with van der Waals surface area (Å²) in [7, 11) is 0. The molecule has 0 aliphatic heterocycles. The number of rotatable bonds is 6. The van der Waals surface area contributed by atoms with Crippen LogP contribution in [-0.2, 0) is 6.54 Å². The lowest BCUT2D eigenvalue weighted by Gasteiger charge is -2.09. The molecule has 0 aliphatic rings. The van der Waals surface area contributed by atoms with Crippen LogP contribution in [0.15, 0.2) is 85.2 Å². The Balaban J connectivity index is 1.45. The minimum Gasteiger partial charge on any atom is -0.439 e. The van der Waals surface area contributed by atoms with E-state index < -0.39 is 0 Å². The minimum absolute atomic E-state index is 0.262. The maximum absolute atomic E-state index is 13.5. The molecule has 0 fully saturated rings. The highest BCUT2D eigenvalue weighted by atomic mass is 19.1. The number of benzene rings is 3. The van der Waals surface area contributed by atoms with Gasteiger partial charge in [0.1, 0.15) is 23.7 Å². The quantitative estimate of drug-likeness (QED) is 0.472. The average Bonchev–Trinajstić information content (AvgIpc) is 2.79. The van der Waals surface area contributed by atoms with Gasteiger partial charge in [-0.25, -0.2) is 18.7 Å². The standard InChI is InChI=1S/C24H17F2N3O2/c25-19-9-7-16(8-10-19)14-27-24(30)18-4-2-6-21(12-18)31-23-13-22(28-15-29-23)17-3-1-5-20(26)11-17/h1-13,15H,14H2,(H,27,30). The molecule has 0 saturated carbocycles. The van der Waals surface area contributed by atoms with E-state index in [1.54, 1.807) is 54.6 Å². The first-order chi connectivity index (χ1) is 15.1. The molecule has 0 unspecified atom stereocenters. The van der Waals surface area contributed by atoms with Crippen molar-refractivity contribution in [2.24, 2.45) is 0 Å². The fraction of sp³-hybridized carbons (Fsp3) is 0.0417. The first kappa shape index (κ1) is 20.2. The molecule has 3 aromatic carbocycles. The van der Waals surface area contributed by atoms with Crippen molar-refractivity contribution in [1.29, 1.82) is 0 Å². The highest BCUT2D eigenvalue weighted by molar-refractivity contribution is 5.94. The zero-order valence-corrected chi connectivity index (χ0v) is 16.3. The first-order valence-electron chi connectivity index (χ1n) is 9.45. The topological polar surface area (TPSA) is 64.1 Å². The average molecular weight is 417 g/mol. The van der Waals surface area contributed by atoms with E-state index >= 15 is 0 Å². The predicted octanol–water partition coefficient (Wildman–Crippen LogP) is 5.14. The van der Waals surface area contributed by atoms with Gasteiger partial charge in [-0.3, -0.25) is 4.79 Å². The highest BCUT2D eigenvalue weighted by Crippen LogP contribution is 2.25. The van der Waals surface area contributed by atoms with Crippen molar-refractivity contribution in [2.45, 2.75) is 6.54 Å². The lowest BCUT2D eigenvalue weighted by Crippen LogP contribution is -2.22. The minimum atomic E-state index is -0.363. The number of nitrogens with one attached hydrogen (secondary N) is 1.